The Morgan fingerprint density at radius 2 is 2.09 bits per heavy atom. The van der Waals surface area contributed by atoms with Crippen molar-refractivity contribution in [3.63, 3.8) is 0 Å². The van der Waals surface area contributed by atoms with Crippen molar-refractivity contribution >= 4 is 5.97 Å². The Bertz CT molecular complexity index is 125. The highest BCUT2D eigenvalue weighted by atomic mass is 19.1. The van der Waals surface area contributed by atoms with E-state index in [4.69, 9.17) is 4.74 Å². The minimum absolute atomic E-state index is 0.440. The molecule has 2 unspecified atom stereocenters. The van der Waals surface area contributed by atoms with E-state index in [1.165, 1.54) is 0 Å². The lowest BCUT2D eigenvalue weighted by Gasteiger charge is -2.12. The molecule has 66 valence electrons. The summed E-state index contributed by atoms with van der Waals surface area (Å²) in [5.74, 6) is -0.883. The minimum Gasteiger partial charge on any atom is -0.434 e. The van der Waals surface area contributed by atoms with Gasteiger partial charge in [0.15, 0.2) is 12.5 Å². The molecule has 0 amide bonds. The van der Waals surface area contributed by atoms with E-state index in [9.17, 15) is 9.18 Å². The largest absolute Gasteiger partial charge is 0.434 e. The van der Waals surface area contributed by atoms with Crippen molar-refractivity contribution in [2.24, 2.45) is 0 Å². The SMILES string of the molecule is CCOC(C)OC(=O)C(C)F. The summed E-state index contributed by atoms with van der Waals surface area (Å²) < 4.78 is 21.5. The third kappa shape index (κ3) is 4.72. The summed E-state index contributed by atoms with van der Waals surface area (Å²) in [5, 5.41) is 0. The molecule has 4 heteroatoms. The number of hydrogen-bond acceptors (Lipinski definition) is 3. The van der Waals surface area contributed by atoms with Crippen molar-refractivity contribution in [2.75, 3.05) is 6.61 Å². The van der Waals surface area contributed by atoms with Crippen LogP contribution in [0.15, 0.2) is 0 Å². The molecule has 0 spiro atoms. The molecule has 0 fully saturated rings. The lowest BCUT2D eigenvalue weighted by molar-refractivity contribution is -0.178. The minimum atomic E-state index is -1.59. The Morgan fingerprint density at radius 1 is 1.55 bits per heavy atom. The molecule has 0 rings (SSSR count). The van der Waals surface area contributed by atoms with Crippen LogP contribution in [0.2, 0.25) is 0 Å². The highest BCUT2D eigenvalue weighted by molar-refractivity contribution is 5.73. The van der Waals surface area contributed by atoms with Crippen LogP contribution < -0.4 is 0 Å². The highest BCUT2D eigenvalue weighted by Gasteiger charge is 2.15. The van der Waals surface area contributed by atoms with Crippen LogP contribution in [0.25, 0.3) is 0 Å². The molecule has 0 saturated heterocycles. The van der Waals surface area contributed by atoms with Gasteiger partial charge in [0.25, 0.3) is 0 Å². The standard InChI is InChI=1S/C7H13FO3/c1-4-10-6(3)11-7(9)5(2)8/h5-6H,4H2,1-3H3. The predicted octanol–water partition coefficient (Wildman–Crippen LogP) is 1.27. The highest BCUT2D eigenvalue weighted by Crippen LogP contribution is 1.98. The molecule has 0 aliphatic carbocycles. The first-order valence-corrected chi connectivity index (χ1v) is 3.54. The zero-order valence-corrected chi connectivity index (χ0v) is 6.96. The van der Waals surface area contributed by atoms with Crippen LogP contribution in [0, 0.1) is 0 Å². The molecule has 0 aromatic rings. The van der Waals surface area contributed by atoms with E-state index < -0.39 is 18.4 Å². The van der Waals surface area contributed by atoms with Crippen LogP contribution in [-0.4, -0.2) is 25.0 Å². The zero-order valence-electron chi connectivity index (χ0n) is 6.96. The van der Waals surface area contributed by atoms with E-state index in [-0.39, 0.29) is 0 Å². The van der Waals surface area contributed by atoms with Crippen LogP contribution in [-0.2, 0) is 14.3 Å². The Balaban J connectivity index is 3.57. The molecular weight excluding hydrogens is 151 g/mol. The molecule has 0 bridgehead atoms. The lowest BCUT2D eigenvalue weighted by Crippen LogP contribution is -2.23. The first kappa shape index (κ1) is 10.4. The molecule has 11 heavy (non-hydrogen) atoms. The fourth-order valence-corrected chi connectivity index (χ4v) is 0.526. The molecule has 0 N–H and O–H groups in total. The molecule has 0 aliphatic heterocycles. The Morgan fingerprint density at radius 3 is 2.45 bits per heavy atom. The number of rotatable bonds is 4. The first-order valence-electron chi connectivity index (χ1n) is 3.54. The van der Waals surface area contributed by atoms with Crippen LogP contribution in [0.3, 0.4) is 0 Å². The smallest absolute Gasteiger partial charge is 0.342 e. The van der Waals surface area contributed by atoms with Gasteiger partial charge in [-0.1, -0.05) is 0 Å². The Labute approximate surface area is 65.5 Å². The van der Waals surface area contributed by atoms with Crippen molar-refractivity contribution < 1.29 is 18.7 Å². The topological polar surface area (TPSA) is 35.5 Å². The van der Waals surface area contributed by atoms with Crippen LogP contribution in [0.1, 0.15) is 20.8 Å². The van der Waals surface area contributed by atoms with E-state index in [1.54, 1.807) is 13.8 Å². The fourth-order valence-electron chi connectivity index (χ4n) is 0.526. The zero-order chi connectivity index (χ0) is 8.85. The van der Waals surface area contributed by atoms with Crippen LogP contribution >= 0.6 is 0 Å². The predicted molar refractivity (Wildman–Crippen MR) is 37.8 cm³/mol. The van der Waals surface area contributed by atoms with E-state index in [1.807, 2.05) is 0 Å². The van der Waals surface area contributed by atoms with Gasteiger partial charge in [0.05, 0.1) is 0 Å². The molecule has 0 aromatic carbocycles. The van der Waals surface area contributed by atoms with E-state index in [2.05, 4.69) is 4.74 Å². The molecule has 0 aliphatic rings. The monoisotopic (exact) mass is 164 g/mol. The summed E-state index contributed by atoms with van der Waals surface area (Å²) in [6.07, 6.45) is -2.25. The van der Waals surface area contributed by atoms with Crippen molar-refractivity contribution in [2.45, 2.75) is 33.2 Å². The normalized spacial score (nSPS) is 15.6. The number of hydrogen-bond donors (Lipinski definition) is 0. The number of carbonyl (C=O) groups excluding carboxylic acids is 1. The van der Waals surface area contributed by atoms with Gasteiger partial charge in [0.1, 0.15) is 0 Å². The van der Waals surface area contributed by atoms with Crippen molar-refractivity contribution in [1.29, 1.82) is 0 Å². The Kier molecular flexibility index (Phi) is 4.77. The van der Waals surface area contributed by atoms with Crippen molar-refractivity contribution in [3.05, 3.63) is 0 Å². The quantitative estimate of drug-likeness (QED) is 0.463. The number of alkyl halides is 1. The molecule has 0 aromatic heterocycles. The second kappa shape index (κ2) is 5.07. The molecular formula is C7H13FO3. The second-order valence-corrected chi connectivity index (χ2v) is 2.08. The van der Waals surface area contributed by atoms with Gasteiger partial charge in [0, 0.05) is 6.61 Å². The molecule has 0 heterocycles. The summed E-state index contributed by atoms with van der Waals surface area (Å²) in [7, 11) is 0. The Hall–Kier alpha value is -0.640. The van der Waals surface area contributed by atoms with E-state index >= 15 is 0 Å². The van der Waals surface area contributed by atoms with Gasteiger partial charge >= 0.3 is 5.97 Å². The summed E-state index contributed by atoms with van der Waals surface area (Å²) in [4.78, 5) is 10.6. The fraction of sp³-hybridized carbons (Fsp3) is 0.857. The molecule has 0 radical (unpaired) electrons. The molecule has 3 nitrogen and oxygen atoms in total. The summed E-state index contributed by atoms with van der Waals surface area (Å²) in [6, 6.07) is 0. The number of ether oxygens (including phenoxy) is 2. The summed E-state index contributed by atoms with van der Waals surface area (Å²) >= 11 is 0. The van der Waals surface area contributed by atoms with E-state index in [0.29, 0.717) is 6.61 Å². The summed E-state index contributed by atoms with van der Waals surface area (Å²) in [6.45, 7) is 4.88. The maximum atomic E-state index is 12.2. The van der Waals surface area contributed by atoms with Gasteiger partial charge in [-0.2, -0.15) is 0 Å². The molecule has 2 atom stereocenters. The van der Waals surface area contributed by atoms with Crippen molar-refractivity contribution in [3.8, 4) is 0 Å². The number of carbonyl (C=O) groups is 1. The maximum absolute atomic E-state index is 12.2. The number of halogens is 1. The molecule has 0 saturated carbocycles. The average Bonchev–Trinajstić information content (AvgIpc) is 1.87. The third-order valence-corrected chi connectivity index (χ3v) is 1.01. The lowest BCUT2D eigenvalue weighted by atomic mass is 10.4. The number of esters is 1. The van der Waals surface area contributed by atoms with Gasteiger partial charge in [0.2, 0.25) is 0 Å². The second-order valence-electron chi connectivity index (χ2n) is 2.08. The first-order chi connectivity index (χ1) is 5.07. The van der Waals surface area contributed by atoms with E-state index in [0.717, 1.165) is 6.92 Å². The van der Waals surface area contributed by atoms with Crippen molar-refractivity contribution in [1.82, 2.24) is 0 Å². The maximum Gasteiger partial charge on any atom is 0.342 e. The average molecular weight is 164 g/mol. The van der Waals surface area contributed by atoms with Gasteiger partial charge in [-0.15, -0.1) is 0 Å². The van der Waals surface area contributed by atoms with Gasteiger partial charge in [-0.05, 0) is 20.8 Å². The van der Waals surface area contributed by atoms with Gasteiger partial charge in [-0.25, -0.2) is 9.18 Å². The van der Waals surface area contributed by atoms with Gasteiger partial charge in [-0.3, -0.25) is 0 Å². The van der Waals surface area contributed by atoms with Crippen LogP contribution in [0.4, 0.5) is 4.39 Å². The van der Waals surface area contributed by atoms with Gasteiger partial charge < -0.3 is 9.47 Å². The van der Waals surface area contributed by atoms with Crippen LogP contribution in [0.5, 0.6) is 0 Å². The summed E-state index contributed by atoms with van der Waals surface area (Å²) in [5.41, 5.74) is 0. The third-order valence-electron chi connectivity index (χ3n) is 1.01.